The minimum absolute atomic E-state index is 0.467. The number of hydrogen-bond donors (Lipinski definition) is 0. The van der Waals surface area contributed by atoms with Gasteiger partial charge in [-0.05, 0) is 55.4 Å². The van der Waals surface area contributed by atoms with Crippen molar-refractivity contribution in [2.24, 2.45) is 28.6 Å². The van der Waals surface area contributed by atoms with Gasteiger partial charge in [-0.15, -0.1) is 0 Å². The van der Waals surface area contributed by atoms with Crippen molar-refractivity contribution in [1.29, 1.82) is 0 Å². The fourth-order valence-corrected chi connectivity index (χ4v) is 4.69. The third-order valence-electron chi connectivity index (χ3n) is 5.83. The highest BCUT2D eigenvalue weighted by Gasteiger charge is 2.81. The maximum atomic E-state index is 5.78. The van der Waals surface area contributed by atoms with Gasteiger partial charge in [0.2, 0.25) is 0 Å². The topological polar surface area (TPSA) is 9.23 Å². The number of allylic oxidation sites excluding steroid dienone is 1. The second-order valence-electron chi connectivity index (χ2n) is 6.59. The molecule has 0 saturated heterocycles. The lowest BCUT2D eigenvalue weighted by molar-refractivity contribution is 0.0541. The first kappa shape index (κ1) is 9.74. The van der Waals surface area contributed by atoms with E-state index in [9.17, 15) is 0 Å². The van der Waals surface area contributed by atoms with Crippen LogP contribution in [-0.4, -0.2) is 6.61 Å². The number of rotatable bonds is 3. The molecule has 4 aliphatic carbocycles. The van der Waals surface area contributed by atoms with Crippen LogP contribution in [0.2, 0.25) is 0 Å². The Morgan fingerprint density at radius 3 is 2.27 bits per heavy atom. The van der Waals surface area contributed by atoms with Gasteiger partial charge in [0.1, 0.15) is 0 Å². The molecule has 0 N–H and O–H groups in total. The Bertz CT molecular complexity index is 314. The minimum atomic E-state index is 0.467. The van der Waals surface area contributed by atoms with Gasteiger partial charge in [-0.2, -0.15) is 0 Å². The molecule has 5 atom stereocenters. The Morgan fingerprint density at radius 1 is 1.27 bits per heavy atom. The molecule has 0 aliphatic heterocycles. The second-order valence-corrected chi connectivity index (χ2v) is 6.59. The molecule has 0 heterocycles. The van der Waals surface area contributed by atoms with Gasteiger partial charge in [0.15, 0.2) is 0 Å². The summed E-state index contributed by atoms with van der Waals surface area (Å²) in [6, 6.07) is 0. The highest BCUT2D eigenvalue weighted by molar-refractivity contribution is 5.29. The summed E-state index contributed by atoms with van der Waals surface area (Å²) in [5, 5.41) is 0. The molecule has 0 spiro atoms. The maximum absolute atomic E-state index is 5.78. The number of hydrogen-bond acceptors (Lipinski definition) is 1. The monoisotopic (exact) mass is 206 g/mol. The molecule has 0 amide bonds. The van der Waals surface area contributed by atoms with Crippen molar-refractivity contribution in [2.45, 2.75) is 40.5 Å². The zero-order chi connectivity index (χ0) is 10.8. The molecule has 4 saturated carbocycles. The predicted octanol–water partition coefficient (Wildman–Crippen LogP) is 3.61. The molecule has 4 fully saturated rings. The SMILES string of the molecule is CC(C)=COC[C@]1(C)C2C[C@@H]3[C@H](C2)C31C. The average Bonchev–Trinajstić information content (AvgIpc) is 2.53. The fraction of sp³-hybridized carbons (Fsp3) is 0.857. The first-order valence-electron chi connectivity index (χ1n) is 6.25. The molecule has 0 aromatic rings. The van der Waals surface area contributed by atoms with Gasteiger partial charge in [0.05, 0.1) is 12.9 Å². The van der Waals surface area contributed by atoms with Crippen molar-refractivity contribution in [3.63, 3.8) is 0 Å². The smallest absolute Gasteiger partial charge is 0.0934 e. The van der Waals surface area contributed by atoms with E-state index in [4.69, 9.17) is 4.74 Å². The lowest BCUT2D eigenvalue weighted by atomic mass is 9.75. The Labute approximate surface area is 92.9 Å². The van der Waals surface area contributed by atoms with Crippen LogP contribution in [-0.2, 0) is 4.74 Å². The molecule has 2 unspecified atom stereocenters. The first-order chi connectivity index (χ1) is 7.00. The fourth-order valence-electron chi connectivity index (χ4n) is 4.69. The molecule has 1 nitrogen and oxygen atoms in total. The molecule has 4 bridgehead atoms. The maximum Gasteiger partial charge on any atom is 0.0934 e. The van der Waals surface area contributed by atoms with Gasteiger partial charge in [-0.3, -0.25) is 0 Å². The van der Waals surface area contributed by atoms with Gasteiger partial charge >= 0.3 is 0 Å². The summed E-state index contributed by atoms with van der Waals surface area (Å²) in [4.78, 5) is 0. The molecule has 15 heavy (non-hydrogen) atoms. The molecule has 0 radical (unpaired) electrons. The predicted molar refractivity (Wildman–Crippen MR) is 61.3 cm³/mol. The average molecular weight is 206 g/mol. The molecule has 4 rings (SSSR count). The lowest BCUT2D eigenvalue weighted by Gasteiger charge is -2.33. The van der Waals surface area contributed by atoms with Gasteiger partial charge < -0.3 is 4.74 Å². The van der Waals surface area contributed by atoms with Crippen molar-refractivity contribution >= 4 is 0 Å². The number of ether oxygens (including phenoxy) is 1. The summed E-state index contributed by atoms with van der Waals surface area (Å²) in [7, 11) is 0. The summed E-state index contributed by atoms with van der Waals surface area (Å²) in [5.74, 6) is 3.04. The first-order valence-corrected chi connectivity index (χ1v) is 6.25. The Kier molecular flexibility index (Phi) is 1.70. The van der Waals surface area contributed by atoms with Crippen molar-refractivity contribution in [3.8, 4) is 0 Å². The Balaban J connectivity index is 1.73. The Morgan fingerprint density at radius 2 is 1.87 bits per heavy atom. The van der Waals surface area contributed by atoms with E-state index in [1.54, 1.807) is 0 Å². The summed E-state index contributed by atoms with van der Waals surface area (Å²) < 4.78 is 5.78. The van der Waals surface area contributed by atoms with E-state index in [0.29, 0.717) is 10.8 Å². The summed E-state index contributed by atoms with van der Waals surface area (Å²) >= 11 is 0. The van der Waals surface area contributed by atoms with Crippen LogP contribution in [0.25, 0.3) is 0 Å². The van der Waals surface area contributed by atoms with E-state index in [0.717, 1.165) is 24.4 Å². The standard InChI is InChI=1S/C14H22O/c1-9(2)7-15-8-13(3)10-5-11-12(6-10)14(11,13)4/h7,10-12H,5-6,8H2,1-4H3/t10?,11-,12+,13-,14?/m1/s1. The second kappa shape index (κ2) is 2.61. The van der Waals surface area contributed by atoms with Crippen LogP contribution >= 0.6 is 0 Å². The van der Waals surface area contributed by atoms with Crippen LogP contribution in [0.1, 0.15) is 40.5 Å². The van der Waals surface area contributed by atoms with Crippen molar-refractivity contribution in [2.75, 3.05) is 6.61 Å². The van der Waals surface area contributed by atoms with Crippen LogP contribution in [0.3, 0.4) is 0 Å². The van der Waals surface area contributed by atoms with Crippen molar-refractivity contribution in [3.05, 3.63) is 11.8 Å². The van der Waals surface area contributed by atoms with Crippen LogP contribution in [0, 0.1) is 28.6 Å². The highest BCUT2D eigenvalue weighted by atomic mass is 16.5. The molecular formula is C14H22O. The minimum Gasteiger partial charge on any atom is -0.501 e. The normalized spacial score (nSPS) is 54.3. The van der Waals surface area contributed by atoms with E-state index in [-0.39, 0.29) is 0 Å². The third-order valence-corrected chi connectivity index (χ3v) is 5.83. The van der Waals surface area contributed by atoms with Gasteiger partial charge in [-0.1, -0.05) is 13.8 Å². The van der Waals surface area contributed by atoms with Gasteiger partial charge in [-0.25, -0.2) is 0 Å². The van der Waals surface area contributed by atoms with E-state index < -0.39 is 0 Å². The third kappa shape index (κ3) is 0.951. The quantitative estimate of drug-likeness (QED) is 0.641. The van der Waals surface area contributed by atoms with Crippen LogP contribution < -0.4 is 0 Å². The van der Waals surface area contributed by atoms with Crippen LogP contribution in [0.15, 0.2) is 11.8 Å². The largest absolute Gasteiger partial charge is 0.501 e. The summed E-state index contributed by atoms with van der Waals surface area (Å²) in [6.07, 6.45) is 4.90. The summed E-state index contributed by atoms with van der Waals surface area (Å²) in [6.45, 7) is 10.1. The van der Waals surface area contributed by atoms with E-state index in [1.807, 2.05) is 6.26 Å². The Hall–Kier alpha value is -0.460. The van der Waals surface area contributed by atoms with E-state index in [2.05, 4.69) is 27.7 Å². The zero-order valence-corrected chi connectivity index (χ0v) is 10.3. The molecule has 0 aromatic carbocycles. The molecule has 1 heteroatoms. The summed E-state index contributed by atoms with van der Waals surface area (Å²) in [5.41, 5.74) is 2.36. The lowest BCUT2D eigenvalue weighted by Crippen LogP contribution is -2.32. The van der Waals surface area contributed by atoms with E-state index in [1.165, 1.54) is 18.4 Å². The molecular weight excluding hydrogens is 184 g/mol. The van der Waals surface area contributed by atoms with E-state index >= 15 is 0 Å². The van der Waals surface area contributed by atoms with Crippen LogP contribution in [0.4, 0.5) is 0 Å². The van der Waals surface area contributed by atoms with Gasteiger partial charge in [0.25, 0.3) is 0 Å². The van der Waals surface area contributed by atoms with Crippen molar-refractivity contribution < 1.29 is 4.74 Å². The van der Waals surface area contributed by atoms with Gasteiger partial charge in [0, 0.05) is 5.41 Å². The highest BCUT2D eigenvalue weighted by Crippen LogP contribution is 2.86. The van der Waals surface area contributed by atoms with Crippen LogP contribution in [0.5, 0.6) is 0 Å². The molecule has 84 valence electrons. The van der Waals surface area contributed by atoms with Crippen molar-refractivity contribution in [1.82, 2.24) is 0 Å². The molecule has 0 aromatic heterocycles. The zero-order valence-electron chi connectivity index (χ0n) is 10.3. The molecule has 4 aliphatic rings.